The average Bonchev–Trinajstić information content (AvgIpc) is 2.86. The van der Waals surface area contributed by atoms with Gasteiger partial charge in [-0.1, -0.05) is 0 Å². The number of hydrogen-bond donors (Lipinski definition) is 1. The first-order valence-corrected chi connectivity index (χ1v) is 7.75. The van der Waals surface area contributed by atoms with Crippen molar-refractivity contribution < 1.29 is 27.1 Å². The van der Waals surface area contributed by atoms with Gasteiger partial charge in [0.25, 0.3) is 5.92 Å². The van der Waals surface area contributed by atoms with Gasteiger partial charge in [0.1, 0.15) is 10.8 Å². The summed E-state index contributed by atoms with van der Waals surface area (Å²) in [7, 11) is -4.09. The molecule has 0 bridgehead atoms. The van der Waals surface area contributed by atoms with Gasteiger partial charge in [0.15, 0.2) is 0 Å². The van der Waals surface area contributed by atoms with Crippen LogP contribution >= 0.6 is 0 Å². The van der Waals surface area contributed by atoms with Crippen LogP contribution < -0.4 is 0 Å². The fraction of sp³-hybridized carbons (Fsp3) is 0.636. The Morgan fingerprint density at radius 3 is 2.71 bits per heavy atom. The summed E-state index contributed by atoms with van der Waals surface area (Å²) in [5.41, 5.74) is 0. The summed E-state index contributed by atoms with van der Waals surface area (Å²) < 4.78 is 54.1. The van der Waals surface area contributed by atoms with Crippen molar-refractivity contribution in [1.29, 1.82) is 0 Å². The lowest BCUT2D eigenvalue weighted by molar-refractivity contribution is -0.163. The second-order valence-electron chi connectivity index (χ2n) is 4.81. The highest BCUT2D eigenvalue weighted by Crippen LogP contribution is 2.35. The molecule has 2 heterocycles. The van der Waals surface area contributed by atoms with E-state index in [0.29, 0.717) is 10.8 Å². The summed E-state index contributed by atoms with van der Waals surface area (Å²) >= 11 is 0. The Bertz CT molecular complexity index is 644. The number of aromatic nitrogens is 2. The zero-order valence-corrected chi connectivity index (χ0v) is 12.1. The molecule has 0 saturated carbocycles. The molecule has 2 rings (SSSR count). The number of rotatable bonds is 4. The predicted octanol–water partition coefficient (Wildman–Crippen LogP) is 0.633. The van der Waals surface area contributed by atoms with Gasteiger partial charge in [-0.05, 0) is 13.3 Å². The van der Waals surface area contributed by atoms with E-state index in [4.69, 9.17) is 5.11 Å². The molecule has 21 heavy (non-hydrogen) atoms. The topological polar surface area (TPSA) is 92.5 Å². The van der Waals surface area contributed by atoms with Crippen LogP contribution in [0.1, 0.15) is 13.3 Å². The number of carboxylic acids is 1. The van der Waals surface area contributed by atoms with Gasteiger partial charge in [0.2, 0.25) is 10.0 Å². The van der Waals surface area contributed by atoms with Crippen molar-refractivity contribution in [2.75, 3.05) is 13.1 Å². The van der Waals surface area contributed by atoms with Crippen molar-refractivity contribution >= 4 is 16.0 Å². The number of alkyl halides is 2. The van der Waals surface area contributed by atoms with E-state index in [9.17, 15) is 22.0 Å². The van der Waals surface area contributed by atoms with E-state index in [1.165, 1.54) is 10.9 Å². The maximum Gasteiger partial charge on any atom is 0.312 e. The van der Waals surface area contributed by atoms with Crippen molar-refractivity contribution in [1.82, 2.24) is 14.1 Å². The van der Waals surface area contributed by atoms with E-state index in [1.54, 1.807) is 6.92 Å². The third-order valence-corrected chi connectivity index (χ3v) is 5.23. The van der Waals surface area contributed by atoms with Crippen molar-refractivity contribution in [3.05, 3.63) is 12.4 Å². The van der Waals surface area contributed by atoms with Gasteiger partial charge in [0.05, 0.1) is 12.7 Å². The molecule has 118 valence electrons. The minimum Gasteiger partial charge on any atom is -0.481 e. The maximum absolute atomic E-state index is 13.8. The fourth-order valence-electron chi connectivity index (χ4n) is 2.22. The number of piperidine rings is 1. The zero-order valence-electron chi connectivity index (χ0n) is 11.2. The van der Waals surface area contributed by atoms with E-state index in [0.717, 1.165) is 6.20 Å². The molecule has 1 aromatic heterocycles. The third kappa shape index (κ3) is 2.91. The van der Waals surface area contributed by atoms with Crippen LogP contribution in [0.2, 0.25) is 0 Å². The molecule has 10 heteroatoms. The molecule has 1 aliphatic rings. The van der Waals surface area contributed by atoms with Gasteiger partial charge in [0, 0.05) is 19.3 Å². The molecule has 1 atom stereocenters. The average molecular weight is 323 g/mol. The predicted molar refractivity (Wildman–Crippen MR) is 67.3 cm³/mol. The van der Waals surface area contributed by atoms with Gasteiger partial charge in [-0.2, -0.15) is 9.40 Å². The SMILES string of the molecule is CCn1cc(S(=O)(=O)N2CCC(C(=O)O)C(F)(F)C2)cn1. The number of halogens is 2. The fourth-order valence-corrected chi connectivity index (χ4v) is 3.64. The van der Waals surface area contributed by atoms with Crippen LogP contribution in [0, 0.1) is 5.92 Å². The van der Waals surface area contributed by atoms with Crippen LogP contribution in [0.4, 0.5) is 8.78 Å². The largest absolute Gasteiger partial charge is 0.481 e. The Kier molecular flexibility index (Phi) is 4.02. The van der Waals surface area contributed by atoms with Crippen molar-refractivity contribution in [2.24, 2.45) is 5.92 Å². The Morgan fingerprint density at radius 1 is 1.57 bits per heavy atom. The van der Waals surface area contributed by atoms with E-state index in [1.807, 2.05) is 0 Å². The Morgan fingerprint density at radius 2 is 2.24 bits per heavy atom. The number of hydrogen-bond acceptors (Lipinski definition) is 4. The molecule has 1 saturated heterocycles. The summed E-state index contributed by atoms with van der Waals surface area (Å²) in [6.07, 6.45) is 1.93. The Labute approximate surface area is 120 Å². The summed E-state index contributed by atoms with van der Waals surface area (Å²) in [6.45, 7) is 0.818. The van der Waals surface area contributed by atoms with Crippen LogP contribution in [0.25, 0.3) is 0 Å². The number of carboxylic acid groups (broad SMARTS) is 1. The van der Waals surface area contributed by atoms with Crippen LogP contribution in [-0.2, 0) is 21.4 Å². The summed E-state index contributed by atoms with van der Waals surface area (Å²) in [4.78, 5) is 10.6. The van der Waals surface area contributed by atoms with E-state index >= 15 is 0 Å². The van der Waals surface area contributed by atoms with Gasteiger partial charge < -0.3 is 5.11 Å². The lowest BCUT2D eigenvalue weighted by atomic mass is 9.94. The zero-order chi connectivity index (χ0) is 15.8. The molecular formula is C11H15F2N3O4S. The van der Waals surface area contributed by atoms with Gasteiger partial charge in [-0.3, -0.25) is 9.48 Å². The molecular weight excluding hydrogens is 308 g/mol. The van der Waals surface area contributed by atoms with Crippen molar-refractivity contribution in [3.63, 3.8) is 0 Å². The first-order valence-electron chi connectivity index (χ1n) is 6.31. The maximum atomic E-state index is 13.8. The lowest BCUT2D eigenvalue weighted by Gasteiger charge is -2.35. The molecule has 1 aliphatic heterocycles. The molecule has 0 radical (unpaired) electrons. The highest BCUT2D eigenvalue weighted by molar-refractivity contribution is 7.89. The van der Waals surface area contributed by atoms with Gasteiger partial charge in [-0.25, -0.2) is 17.2 Å². The van der Waals surface area contributed by atoms with E-state index < -0.39 is 40.8 Å². The molecule has 1 unspecified atom stereocenters. The van der Waals surface area contributed by atoms with Crippen LogP contribution in [-0.4, -0.2) is 52.6 Å². The lowest BCUT2D eigenvalue weighted by Crippen LogP contribution is -2.52. The molecule has 7 nitrogen and oxygen atoms in total. The summed E-state index contributed by atoms with van der Waals surface area (Å²) in [6, 6.07) is 0. The number of aliphatic carboxylic acids is 1. The molecule has 0 amide bonds. The highest BCUT2D eigenvalue weighted by atomic mass is 32.2. The molecule has 1 fully saturated rings. The first-order chi connectivity index (χ1) is 9.68. The second kappa shape index (κ2) is 5.34. The number of sulfonamides is 1. The van der Waals surface area contributed by atoms with E-state index in [-0.39, 0.29) is 11.4 Å². The number of nitrogens with zero attached hydrogens (tertiary/aromatic N) is 3. The quantitative estimate of drug-likeness (QED) is 0.877. The standard InChI is InChI=1S/C11H15F2N3O4S/c1-2-15-6-8(5-14-15)21(19,20)16-4-3-9(10(17)18)11(12,13)7-16/h5-6,9H,2-4,7H2,1H3,(H,17,18). The van der Waals surface area contributed by atoms with Gasteiger partial charge >= 0.3 is 5.97 Å². The monoisotopic (exact) mass is 323 g/mol. The molecule has 0 spiro atoms. The first kappa shape index (κ1) is 15.8. The summed E-state index contributed by atoms with van der Waals surface area (Å²) in [5, 5.41) is 12.6. The van der Waals surface area contributed by atoms with Crippen molar-refractivity contribution in [3.8, 4) is 0 Å². The molecule has 1 N–H and O–H groups in total. The van der Waals surface area contributed by atoms with Crippen molar-refractivity contribution in [2.45, 2.75) is 30.7 Å². The Hall–Kier alpha value is -1.55. The second-order valence-corrected chi connectivity index (χ2v) is 6.75. The molecule has 0 aliphatic carbocycles. The smallest absolute Gasteiger partial charge is 0.312 e. The number of aryl methyl sites for hydroxylation is 1. The van der Waals surface area contributed by atoms with Crippen LogP contribution in [0.5, 0.6) is 0 Å². The molecule has 1 aromatic rings. The molecule has 0 aromatic carbocycles. The normalized spacial score (nSPS) is 23.1. The summed E-state index contributed by atoms with van der Waals surface area (Å²) in [5.74, 6) is -7.07. The van der Waals surface area contributed by atoms with Crippen LogP contribution in [0.15, 0.2) is 17.3 Å². The minimum atomic E-state index is -4.09. The Balaban J connectivity index is 2.25. The minimum absolute atomic E-state index is 0.172. The van der Waals surface area contributed by atoms with E-state index in [2.05, 4.69) is 5.10 Å². The third-order valence-electron chi connectivity index (χ3n) is 3.43. The number of carbonyl (C=O) groups is 1. The highest BCUT2D eigenvalue weighted by Gasteiger charge is 2.51. The van der Waals surface area contributed by atoms with Crippen LogP contribution in [0.3, 0.4) is 0 Å². The van der Waals surface area contributed by atoms with Gasteiger partial charge in [-0.15, -0.1) is 0 Å².